The first kappa shape index (κ1) is 17.7. The van der Waals surface area contributed by atoms with Gasteiger partial charge in [-0.1, -0.05) is 30.3 Å². The van der Waals surface area contributed by atoms with Gasteiger partial charge in [0.25, 0.3) is 0 Å². The topological polar surface area (TPSA) is 77.2 Å². The smallest absolute Gasteiger partial charge is 0.247 e. The summed E-state index contributed by atoms with van der Waals surface area (Å²) in [7, 11) is 1.60. The average Bonchev–Trinajstić information content (AvgIpc) is 3.11. The number of anilines is 1. The maximum absolute atomic E-state index is 12.5. The number of rotatable bonds is 5. The van der Waals surface area contributed by atoms with Gasteiger partial charge >= 0.3 is 0 Å². The second-order valence-corrected chi connectivity index (χ2v) is 6.41. The molecular weight excluding hydrogens is 354 g/mol. The lowest BCUT2D eigenvalue weighted by atomic mass is 10.1. The van der Waals surface area contributed by atoms with Gasteiger partial charge < -0.3 is 14.5 Å². The minimum absolute atomic E-state index is 0.135. The fraction of sp³-hybridized carbons (Fsp3) is 0.136. The number of benzene rings is 2. The van der Waals surface area contributed by atoms with Crippen molar-refractivity contribution in [2.75, 3.05) is 12.4 Å². The van der Waals surface area contributed by atoms with E-state index in [0.29, 0.717) is 28.5 Å². The maximum atomic E-state index is 12.5. The zero-order chi connectivity index (χ0) is 19.5. The van der Waals surface area contributed by atoms with Crippen LogP contribution in [-0.2, 0) is 11.2 Å². The number of nitrogens with one attached hydrogen (secondary N) is 1. The molecule has 1 amide bonds. The van der Waals surface area contributed by atoms with Crippen LogP contribution < -0.4 is 10.1 Å². The molecule has 0 aliphatic heterocycles. The number of ether oxygens (including phenoxy) is 1. The molecule has 6 nitrogen and oxygen atoms in total. The maximum Gasteiger partial charge on any atom is 0.247 e. The normalized spacial score (nSPS) is 10.8. The fourth-order valence-electron chi connectivity index (χ4n) is 2.94. The molecule has 1 N–H and O–H groups in total. The number of aromatic nitrogens is 2. The summed E-state index contributed by atoms with van der Waals surface area (Å²) < 4.78 is 11.0. The van der Waals surface area contributed by atoms with Crippen LogP contribution in [0.15, 0.2) is 65.1 Å². The number of oxazole rings is 1. The summed E-state index contributed by atoms with van der Waals surface area (Å²) in [6, 6.07) is 18.9. The lowest BCUT2D eigenvalue weighted by Gasteiger charge is -2.08. The molecule has 4 aromatic rings. The van der Waals surface area contributed by atoms with Crippen molar-refractivity contribution in [1.29, 1.82) is 0 Å². The Balaban J connectivity index is 1.56. The SMILES string of the molecule is COc1cccc(CC(=O)Nc2cc3nc(-c4ccccc4)oc3nc2C)c1. The predicted octanol–water partition coefficient (Wildman–Crippen LogP) is 4.39. The first-order valence-electron chi connectivity index (χ1n) is 8.89. The lowest BCUT2D eigenvalue weighted by molar-refractivity contribution is -0.115. The quantitative estimate of drug-likeness (QED) is 0.561. The summed E-state index contributed by atoms with van der Waals surface area (Å²) in [5.74, 6) is 1.09. The Morgan fingerprint density at radius 1 is 1.07 bits per heavy atom. The van der Waals surface area contributed by atoms with Gasteiger partial charge in [0.1, 0.15) is 11.3 Å². The molecule has 2 heterocycles. The summed E-state index contributed by atoms with van der Waals surface area (Å²) in [4.78, 5) is 21.4. The molecule has 0 atom stereocenters. The van der Waals surface area contributed by atoms with E-state index >= 15 is 0 Å². The Bertz CT molecular complexity index is 1140. The monoisotopic (exact) mass is 373 g/mol. The first-order chi connectivity index (χ1) is 13.6. The molecule has 2 aromatic heterocycles. The van der Waals surface area contributed by atoms with Crippen molar-refractivity contribution in [1.82, 2.24) is 9.97 Å². The molecule has 140 valence electrons. The highest BCUT2D eigenvalue weighted by Gasteiger charge is 2.14. The summed E-state index contributed by atoms with van der Waals surface area (Å²) in [6.07, 6.45) is 0.239. The largest absolute Gasteiger partial charge is 0.497 e. The Labute approximate surface area is 162 Å². The van der Waals surface area contributed by atoms with E-state index < -0.39 is 0 Å². The second kappa shape index (κ2) is 7.52. The number of carbonyl (C=O) groups excluding carboxylic acids is 1. The second-order valence-electron chi connectivity index (χ2n) is 6.41. The van der Waals surface area contributed by atoms with Crippen LogP contribution in [0.4, 0.5) is 5.69 Å². The van der Waals surface area contributed by atoms with Gasteiger partial charge in [-0.2, -0.15) is 0 Å². The first-order valence-corrected chi connectivity index (χ1v) is 8.89. The zero-order valence-corrected chi connectivity index (χ0v) is 15.6. The number of nitrogens with zero attached hydrogens (tertiary/aromatic N) is 2. The van der Waals surface area contributed by atoms with E-state index in [1.807, 2.05) is 61.5 Å². The van der Waals surface area contributed by atoms with Crippen molar-refractivity contribution < 1.29 is 13.9 Å². The zero-order valence-electron chi connectivity index (χ0n) is 15.6. The van der Waals surface area contributed by atoms with Crippen molar-refractivity contribution >= 4 is 22.8 Å². The third-order valence-corrected chi connectivity index (χ3v) is 4.37. The van der Waals surface area contributed by atoms with Crippen LogP contribution in [0.2, 0.25) is 0 Å². The number of carbonyl (C=O) groups is 1. The molecule has 0 saturated heterocycles. The molecule has 0 spiro atoms. The van der Waals surface area contributed by atoms with Crippen molar-refractivity contribution in [2.24, 2.45) is 0 Å². The van der Waals surface area contributed by atoms with Crippen LogP contribution in [0.5, 0.6) is 5.75 Å². The summed E-state index contributed by atoms with van der Waals surface area (Å²) in [5.41, 5.74) is 4.08. The minimum atomic E-state index is -0.135. The number of hydrogen-bond donors (Lipinski definition) is 1. The van der Waals surface area contributed by atoms with Gasteiger partial charge in [-0.3, -0.25) is 4.79 Å². The van der Waals surface area contributed by atoms with E-state index in [1.54, 1.807) is 13.2 Å². The summed E-state index contributed by atoms with van der Waals surface area (Å²) in [6.45, 7) is 1.82. The number of aryl methyl sites for hydroxylation is 1. The number of amides is 1. The lowest BCUT2D eigenvalue weighted by Crippen LogP contribution is -2.15. The highest BCUT2D eigenvalue weighted by molar-refractivity contribution is 5.94. The predicted molar refractivity (Wildman–Crippen MR) is 107 cm³/mol. The number of hydrogen-bond acceptors (Lipinski definition) is 5. The van der Waals surface area contributed by atoms with Gasteiger partial charge in [0.2, 0.25) is 17.5 Å². The molecule has 0 aliphatic carbocycles. The average molecular weight is 373 g/mol. The molecule has 0 bridgehead atoms. The van der Waals surface area contributed by atoms with Gasteiger partial charge in [-0.15, -0.1) is 0 Å². The Hall–Kier alpha value is -3.67. The summed E-state index contributed by atoms with van der Waals surface area (Å²) >= 11 is 0. The molecule has 0 aliphatic rings. The molecular formula is C22H19N3O3. The van der Waals surface area contributed by atoms with Crippen LogP contribution in [-0.4, -0.2) is 23.0 Å². The molecule has 0 unspecified atom stereocenters. The Kier molecular flexibility index (Phi) is 4.76. The third kappa shape index (κ3) is 3.71. The Morgan fingerprint density at radius 3 is 2.68 bits per heavy atom. The Morgan fingerprint density at radius 2 is 1.89 bits per heavy atom. The molecule has 4 rings (SSSR count). The minimum Gasteiger partial charge on any atom is -0.497 e. The van der Waals surface area contributed by atoms with Gasteiger partial charge in [0.15, 0.2) is 0 Å². The third-order valence-electron chi connectivity index (χ3n) is 4.37. The van der Waals surface area contributed by atoms with Crippen molar-refractivity contribution in [3.63, 3.8) is 0 Å². The number of pyridine rings is 1. The highest BCUT2D eigenvalue weighted by Crippen LogP contribution is 2.26. The van der Waals surface area contributed by atoms with E-state index in [1.165, 1.54) is 0 Å². The van der Waals surface area contributed by atoms with Crippen molar-refractivity contribution in [3.05, 3.63) is 71.9 Å². The van der Waals surface area contributed by atoms with Gasteiger partial charge in [0, 0.05) is 5.56 Å². The van der Waals surface area contributed by atoms with E-state index in [2.05, 4.69) is 15.3 Å². The number of methoxy groups -OCH3 is 1. The van der Waals surface area contributed by atoms with Crippen LogP contribution in [0.25, 0.3) is 22.7 Å². The summed E-state index contributed by atoms with van der Waals surface area (Å²) in [5, 5.41) is 2.91. The number of fused-ring (bicyclic) bond motifs is 1. The van der Waals surface area contributed by atoms with Crippen LogP contribution in [0, 0.1) is 6.92 Å². The van der Waals surface area contributed by atoms with Crippen LogP contribution in [0.3, 0.4) is 0 Å². The van der Waals surface area contributed by atoms with Crippen molar-refractivity contribution in [2.45, 2.75) is 13.3 Å². The molecule has 6 heteroatoms. The van der Waals surface area contributed by atoms with E-state index in [-0.39, 0.29) is 12.3 Å². The molecule has 28 heavy (non-hydrogen) atoms. The van der Waals surface area contributed by atoms with E-state index in [0.717, 1.165) is 16.9 Å². The van der Waals surface area contributed by atoms with Gasteiger partial charge in [0.05, 0.1) is 24.9 Å². The highest BCUT2D eigenvalue weighted by atomic mass is 16.5. The standard InChI is InChI=1S/C22H19N3O3/c1-14-18(24-20(26)12-15-7-6-10-17(11-15)27-2)13-19-22(23-14)28-21(25-19)16-8-4-3-5-9-16/h3-11,13H,12H2,1-2H3,(H,24,26). The molecule has 0 fully saturated rings. The van der Waals surface area contributed by atoms with Crippen LogP contribution >= 0.6 is 0 Å². The molecule has 0 saturated carbocycles. The van der Waals surface area contributed by atoms with Gasteiger partial charge in [-0.05, 0) is 42.8 Å². The van der Waals surface area contributed by atoms with E-state index in [9.17, 15) is 4.79 Å². The molecule has 2 aromatic carbocycles. The van der Waals surface area contributed by atoms with Gasteiger partial charge in [-0.25, -0.2) is 9.97 Å². The molecule has 0 radical (unpaired) electrons. The van der Waals surface area contributed by atoms with Crippen molar-refractivity contribution in [3.8, 4) is 17.2 Å². The van der Waals surface area contributed by atoms with E-state index in [4.69, 9.17) is 9.15 Å². The fourth-order valence-corrected chi connectivity index (χ4v) is 2.94. The van der Waals surface area contributed by atoms with Crippen LogP contribution in [0.1, 0.15) is 11.3 Å².